The molecule has 152 valence electrons. The Bertz CT molecular complexity index is 1010. The molecule has 0 aliphatic carbocycles. The lowest BCUT2D eigenvalue weighted by molar-refractivity contribution is -0.384. The van der Waals surface area contributed by atoms with E-state index in [1.165, 1.54) is 24.3 Å². The van der Waals surface area contributed by atoms with Gasteiger partial charge in [-0.05, 0) is 41.0 Å². The van der Waals surface area contributed by atoms with Crippen molar-refractivity contribution in [2.75, 3.05) is 0 Å². The van der Waals surface area contributed by atoms with Crippen molar-refractivity contribution in [1.82, 2.24) is 0 Å². The fourth-order valence-electron chi connectivity index (χ4n) is 2.50. The van der Waals surface area contributed by atoms with Crippen LogP contribution in [-0.4, -0.2) is 11.1 Å². The van der Waals surface area contributed by atoms with E-state index in [1.807, 2.05) is 24.3 Å². The summed E-state index contributed by atoms with van der Waals surface area (Å²) in [6, 6.07) is 20.2. The molecule has 0 spiro atoms. The molecule has 0 aliphatic rings. The van der Waals surface area contributed by atoms with Gasteiger partial charge in [0.15, 0.2) is 0 Å². The normalized spacial score (nSPS) is 10.1. The first-order valence-corrected chi connectivity index (χ1v) is 9.05. The predicted molar refractivity (Wildman–Crippen MR) is 111 cm³/mol. The molecule has 0 saturated carbocycles. The average Bonchev–Trinajstić information content (AvgIpc) is 2.77. The van der Waals surface area contributed by atoms with Crippen molar-refractivity contribution in [1.29, 1.82) is 0 Å². The first kappa shape index (κ1) is 20.6. The number of carbonyl (C=O) groups is 1. The fraction of sp³-hybridized carbons (Fsp3) is 0.0870. The second-order valence-electron chi connectivity index (χ2n) is 6.27. The van der Waals surface area contributed by atoms with E-state index < -0.39 is 11.1 Å². The van der Waals surface area contributed by atoms with Crippen molar-refractivity contribution in [3.8, 4) is 11.5 Å². The van der Waals surface area contributed by atoms with E-state index in [-0.39, 0.29) is 18.0 Å². The van der Waals surface area contributed by atoms with Crippen LogP contribution in [0, 0.1) is 10.1 Å². The van der Waals surface area contributed by atoms with Crippen LogP contribution in [0.15, 0.2) is 79.4 Å². The summed E-state index contributed by atoms with van der Waals surface area (Å²) >= 11 is 0. The van der Waals surface area contributed by atoms with Crippen molar-refractivity contribution < 1.29 is 23.9 Å². The molecule has 0 unspecified atom stereocenters. The van der Waals surface area contributed by atoms with Crippen LogP contribution in [0.4, 0.5) is 10.5 Å². The molecule has 3 aromatic rings. The largest absolute Gasteiger partial charge is 0.514 e. The van der Waals surface area contributed by atoms with Crippen molar-refractivity contribution >= 4 is 17.9 Å². The van der Waals surface area contributed by atoms with Crippen LogP contribution in [-0.2, 0) is 18.0 Å². The summed E-state index contributed by atoms with van der Waals surface area (Å²) < 4.78 is 15.8. The lowest BCUT2D eigenvalue weighted by Gasteiger charge is -2.09. The highest BCUT2D eigenvalue weighted by atomic mass is 16.7. The van der Waals surface area contributed by atoms with Gasteiger partial charge in [-0.1, -0.05) is 49.1 Å². The summed E-state index contributed by atoms with van der Waals surface area (Å²) in [5.74, 6) is 0.857. The third-order valence-corrected chi connectivity index (χ3v) is 4.15. The third kappa shape index (κ3) is 5.93. The van der Waals surface area contributed by atoms with Crippen LogP contribution in [0.5, 0.6) is 11.5 Å². The first-order valence-electron chi connectivity index (χ1n) is 9.05. The monoisotopic (exact) mass is 405 g/mol. The molecule has 0 fully saturated rings. The molecule has 0 atom stereocenters. The molecule has 0 radical (unpaired) electrons. The second kappa shape index (κ2) is 9.88. The van der Waals surface area contributed by atoms with Gasteiger partial charge < -0.3 is 14.2 Å². The molecule has 0 aliphatic heterocycles. The highest BCUT2D eigenvalue weighted by Crippen LogP contribution is 2.19. The van der Waals surface area contributed by atoms with Crippen LogP contribution < -0.4 is 9.47 Å². The molecular formula is C23H19NO6. The zero-order valence-electron chi connectivity index (χ0n) is 16.0. The number of nitrogens with zero attached hydrogens (tertiary/aromatic N) is 1. The van der Waals surface area contributed by atoms with Crippen molar-refractivity contribution in [3.05, 3.63) is 106 Å². The fourth-order valence-corrected chi connectivity index (χ4v) is 2.50. The van der Waals surface area contributed by atoms with Gasteiger partial charge in [0, 0.05) is 12.1 Å². The Hall–Kier alpha value is -4.13. The number of hydrogen-bond donors (Lipinski definition) is 0. The minimum atomic E-state index is -0.896. The minimum Gasteiger partial charge on any atom is -0.489 e. The summed E-state index contributed by atoms with van der Waals surface area (Å²) in [4.78, 5) is 21.8. The highest BCUT2D eigenvalue weighted by Gasteiger charge is 2.09. The quantitative estimate of drug-likeness (QED) is 0.212. The molecule has 7 nitrogen and oxygen atoms in total. The first-order chi connectivity index (χ1) is 14.5. The van der Waals surface area contributed by atoms with Crippen molar-refractivity contribution in [2.24, 2.45) is 0 Å². The number of hydrogen-bond acceptors (Lipinski definition) is 6. The van der Waals surface area contributed by atoms with Crippen LogP contribution >= 0.6 is 0 Å². The number of benzene rings is 3. The van der Waals surface area contributed by atoms with Gasteiger partial charge in [-0.15, -0.1) is 0 Å². The molecule has 7 heteroatoms. The minimum absolute atomic E-state index is 0.0229. The molecule has 0 N–H and O–H groups in total. The maximum Gasteiger partial charge on any atom is 0.514 e. The number of ether oxygens (including phenoxy) is 3. The Balaban J connectivity index is 1.44. The summed E-state index contributed by atoms with van der Waals surface area (Å²) in [5.41, 5.74) is 2.77. The summed E-state index contributed by atoms with van der Waals surface area (Å²) in [5, 5.41) is 10.6. The van der Waals surface area contributed by atoms with Gasteiger partial charge in [0.1, 0.15) is 24.7 Å². The Morgan fingerprint density at radius 2 is 1.43 bits per heavy atom. The van der Waals surface area contributed by atoms with Gasteiger partial charge >= 0.3 is 6.16 Å². The number of rotatable bonds is 8. The molecule has 3 aromatic carbocycles. The molecular weight excluding hydrogens is 386 g/mol. The number of nitro benzene ring substituents is 1. The van der Waals surface area contributed by atoms with Crippen LogP contribution in [0.2, 0.25) is 0 Å². The maximum absolute atomic E-state index is 11.8. The lowest BCUT2D eigenvalue weighted by Crippen LogP contribution is -2.10. The zero-order valence-corrected chi connectivity index (χ0v) is 16.0. The summed E-state index contributed by atoms with van der Waals surface area (Å²) in [7, 11) is 0. The Morgan fingerprint density at radius 1 is 0.867 bits per heavy atom. The average molecular weight is 405 g/mol. The van der Waals surface area contributed by atoms with Crippen molar-refractivity contribution in [2.45, 2.75) is 13.2 Å². The topological polar surface area (TPSA) is 87.9 Å². The van der Waals surface area contributed by atoms with Gasteiger partial charge in [-0.25, -0.2) is 4.79 Å². The third-order valence-electron chi connectivity index (χ3n) is 4.15. The van der Waals surface area contributed by atoms with E-state index in [4.69, 9.17) is 14.2 Å². The molecule has 0 amide bonds. The lowest BCUT2D eigenvalue weighted by atomic mass is 10.1. The number of nitro groups is 1. The Morgan fingerprint density at radius 3 is 2.03 bits per heavy atom. The Labute approximate surface area is 173 Å². The maximum atomic E-state index is 11.8. The predicted octanol–water partition coefficient (Wildman–Crippen LogP) is 5.53. The van der Waals surface area contributed by atoms with Gasteiger partial charge in [0.05, 0.1) is 4.92 Å². The van der Waals surface area contributed by atoms with Crippen LogP contribution in [0.25, 0.3) is 6.08 Å². The number of non-ortho nitro benzene ring substituents is 1. The van der Waals surface area contributed by atoms with Gasteiger partial charge in [-0.3, -0.25) is 10.1 Å². The zero-order chi connectivity index (χ0) is 21.3. The van der Waals surface area contributed by atoms with Crippen LogP contribution in [0.3, 0.4) is 0 Å². The van der Waals surface area contributed by atoms with E-state index in [2.05, 4.69) is 6.58 Å². The van der Waals surface area contributed by atoms with E-state index in [9.17, 15) is 14.9 Å². The molecule has 0 heterocycles. The SMILES string of the molecule is C=Cc1ccc(COc2ccc(COC(=O)Oc3ccc([N+](=O)[O-])cc3)cc2)cc1. The molecule has 0 bridgehead atoms. The van der Waals surface area contributed by atoms with Gasteiger partial charge in [0.25, 0.3) is 5.69 Å². The van der Waals surface area contributed by atoms with E-state index in [1.54, 1.807) is 30.3 Å². The van der Waals surface area contributed by atoms with Crippen LogP contribution in [0.1, 0.15) is 16.7 Å². The Kier molecular flexibility index (Phi) is 6.78. The van der Waals surface area contributed by atoms with E-state index in [0.29, 0.717) is 12.4 Å². The van der Waals surface area contributed by atoms with Gasteiger partial charge in [-0.2, -0.15) is 0 Å². The summed E-state index contributed by atoms with van der Waals surface area (Å²) in [6.45, 7) is 4.19. The molecule has 0 saturated heterocycles. The number of carbonyl (C=O) groups excluding carboxylic acids is 1. The second-order valence-corrected chi connectivity index (χ2v) is 6.27. The molecule has 3 rings (SSSR count). The van der Waals surface area contributed by atoms with Gasteiger partial charge in [0.2, 0.25) is 0 Å². The smallest absolute Gasteiger partial charge is 0.489 e. The van der Waals surface area contributed by atoms with E-state index in [0.717, 1.165) is 16.7 Å². The summed E-state index contributed by atoms with van der Waals surface area (Å²) in [6.07, 6.45) is 0.889. The highest BCUT2D eigenvalue weighted by molar-refractivity contribution is 5.64. The van der Waals surface area contributed by atoms with E-state index >= 15 is 0 Å². The van der Waals surface area contributed by atoms with Crippen molar-refractivity contribution in [3.63, 3.8) is 0 Å². The molecule has 0 aromatic heterocycles. The standard InChI is InChI=1S/C23H19NO6/c1-2-17-3-5-18(6-4-17)15-28-21-11-7-19(8-12-21)16-29-23(25)30-22-13-9-20(10-14-22)24(26)27/h2-14H,1,15-16H2. The molecule has 30 heavy (non-hydrogen) atoms.